The average molecular weight is 298 g/mol. The standard InChI is InChI=1S/C9H15N3O2S2.ClH/c1-16(13,14)8-2-3-12(6-8)5-7-4-11-9(10)15-7;/h4,8H,2-3,5-6H2,1H3,(H2,10,11);1H. The molecule has 0 spiro atoms. The fourth-order valence-corrected chi connectivity index (χ4v) is 3.65. The van der Waals surface area contributed by atoms with E-state index in [2.05, 4.69) is 9.88 Å². The maximum Gasteiger partial charge on any atom is 0.180 e. The van der Waals surface area contributed by atoms with Crippen molar-refractivity contribution in [2.75, 3.05) is 25.1 Å². The van der Waals surface area contributed by atoms with E-state index in [1.54, 1.807) is 6.20 Å². The van der Waals surface area contributed by atoms with Crippen LogP contribution < -0.4 is 5.73 Å². The maximum absolute atomic E-state index is 11.4. The average Bonchev–Trinajstić information content (AvgIpc) is 2.74. The van der Waals surface area contributed by atoms with Crippen molar-refractivity contribution >= 4 is 38.7 Å². The molecule has 2 heterocycles. The van der Waals surface area contributed by atoms with Crippen LogP contribution in [0.25, 0.3) is 0 Å². The number of nitrogens with two attached hydrogens (primary N) is 1. The molecule has 2 rings (SSSR count). The molecular weight excluding hydrogens is 282 g/mol. The number of hydrogen-bond acceptors (Lipinski definition) is 6. The van der Waals surface area contributed by atoms with Gasteiger partial charge in [-0.2, -0.15) is 0 Å². The minimum absolute atomic E-state index is 0. The van der Waals surface area contributed by atoms with Crippen LogP contribution in [0.15, 0.2) is 6.20 Å². The van der Waals surface area contributed by atoms with Gasteiger partial charge in [-0.3, -0.25) is 4.90 Å². The molecule has 0 aromatic carbocycles. The molecule has 2 N–H and O–H groups in total. The maximum atomic E-state index is 11.4. The number of hydrogen-bond donors (Lipinski definition) is 1. The van der Waals surface area contributed by atoms with Gasteiger partial charge < -0.3 is 5.73 Å². The number of halogens is 1. The number of anilines is 1. The molecule has 1 atom stereocenters. The summed E-state index contributed by atoms with van der Waals surface area (Å²) in [6.07, 6.45) is 3.80. The molecule has 1 aliphatic heterocycles. The first-order chi connectivity index (χ1) is 7.45. The summed E-state index contributed by atoms with van der Waals surface area (Å²) in [5.74, 6) is 0. The van der Waals surface area contributed by atoms with Crippen LogP contribution in [0.2, 0.25) is 0 Å². The topological polar surface area (TPSA) is 76.3 Å². The molecule has 0 amide bonds. The number of rotatable bonds is 3. The molecule has 1 aromatic rings. The number of thiazole rings is 1. The van der Waals surface area contributed by atoms with Crippen LogP contribution in [0.5, 0.6) is 0 Å². The molecule has 8 heteroatoms. The van der Waals surface area contributed by atoms with E-state index in [1.807, 2.05) is 0 Å². The van der Waals surface area contributed by atoms with Crippen LogP contribution in [-0.4, -0.2) is 42.9 Å². The second-order valence-electron chi connectivity index (χ2n) is 4.14. The molecule has 0 bridgehead atoms. The number of nitrogens with zero attached hydrogens (tertiary/aromatic N) is 2. The molecule has 17 heavy (non-hydrogen) atoms. The van der Waals surface area contributed by atoms with Gasteiger partial charge >= 0.3 is 0 Å². The lowest BCUT2D eigenvalue weighted by Crippen LogP contribution is -2.25. The van der Waals surface area contributed by atoms with Gasteiger partial charge in [0.1, 0.15) is 0 Å². The van der Waals surface area contributed by atoms with Gasteiger partial charge in [0, 0.05) is 30.4 Å². The van der Waals surface area contributed by atoms with Gasteiger partial charge in [0.05, 0.1) is 5.25 Å². The zero-order chi connectivity index (χ0) is 11.8. The van der Waals surface area contributed by atoms with E-state index in [0.717, 1.165) is 24.4 Å². The third-order valence-electron chi connectivity index (χ3n) is 2.79. The summed E-state index contributed by atoms with van der Waals surface area (Å²) in [6, 6.07) is 0. The van der Waals surface area contributed by atoms with Crippen LogP contribution in [0.1, 0.15) is 11.3 Å². The van der Waals surface area contributed by atoms with Crippen molar-refractivity contribution in [2.45, 2.75) is 18.2 Å². The predicted molar refractivity (Wildman–Crippen MR) is 72.3 cm³/mol. The van der Waals surface area contributed by atoms with E-state index in [-0.39, 0.29) is 17.7 Å². The van der Waals surface area contributed by atoms with E-state index in [9.17, 15) is 8.42 Å². The summed E-state index contributed by atoms with van der Waals surface area (Å²) >= 11 is 1.46. The van der Waals surface area contributed by atoms with Crippen molar-refractivity contribution in [1.29, 1.82) is 0 Å². The molecule has 0 aliphatic carbocycles. The Labute approximate surface area is 111 Å². The first-order valence-electron chi connectivity index (χ1n) is 5.06. The zero-order valence-corrected chi connectivity index (χ0v) is 11.9. The Morgan fingerprint density at radius 3 is 2.82 bits per heavy atom. The fourth-order valence-electron chi connectivity index (χ4n) is 1.91. The van der Waals surface area contributed by atoms with E-state index in [1.165, 1.54) is 17.6 Å². The van der Waals surface area contributed by atoms with Crippen LogP contribution in [0, 0.1) is 0 Å². The number of likely N-dealkylation sites (tertiary alicyclic amines) is 1. The summed E-state index contributed by atoms with van der Waals surface area (Å²) in [5, 5.41) is 0.353. The Bertz CT molecular complexity index is 474. The highest BCUT2D eigenvalue weighted by atomic mass is 35.5. The van der Waals surface area contributed by atoms with Crippen molar-refractivity contribution in [1.82, 2.24) is 9.88 Å². The van der Waals surface area contributed by atoms with Gasteiger partial charge in [0.25, 0.3) is 0 Å². The molecule has 1 aliphatic rings. The van der Waals surface area contributed by atoms with Gasteiger partial charge in [0.15, 0.2) is 15.0 Å². The summed E-state index contributed by atoms with van der Waals surface area (Å²) < 4.78 is 22.8. The highest BCUT2D eigenvalue weighted by molar-refractivity contribution is 7.91. The summed E-state index contributed by atoms with van der Waals surface area (Å²) in [5.41, 5.74) is 5.54. The van der Waals surface area contributed by atoms with Gasteiger partial charge in [-0.25, -0.2) is 13.4 Å². The fraction of sp³-hybridized carbons (Fsp3) is 0.667. The van der Waals surface area contributed by atoms with Crippen LogP contribution in [0.3, 0.4) is 0 Å². The lowest BCUT2D eigenvalue weighted by atomic mass is 10.4. The van der Waals surface area contributed by atoms with E-state index in [0.29, 0.717) is 11.7 Å². The normalized spacial score (nSPS) is 21.4. The van der Waals surface area contributed by atoms with Gasteiger partial charge in [-0.05, 0) is 13.0 Å². The number of aromatic nitrogens is 1. The van der Waals surface area contributed by atoms with Crippen molar-refractivity contribution in [3.63, 3.8) is 0 Å². The van der Waals surface area contributed by atoms with Crippen LogP contribution in [-0.2, 0) is 16.4 Å². The van der Waals surface area contributed by atoms with Crippen molar-refractivity contribution in [3.8, 4) is 0 Å². The molecular formula is C9H16ClN3O2S2. The van der Waals surface area contributed by atoms with Crippen molar-refractivity contribution < 1.29 is 8.42 Å². The van der Waals surface area contributed by atoms with E-state index >= 15 is 0 Å². The van der Waals surface area contributed by atoms with E-state index in [4.69, 9.17) is 5.73 Å². The Morgan fingerprint density at radius 2 is 2.35 bits per heavy atom. The minimum atomic E-state index is -2.90. The second kappa shape index (κ2) is 5.51. The second-order valence-corrected chi connectivity index (χ2v) is 7.61. The Balaban J connectivity index is 0.00000144. The number of sulfone groups is 1. The highest BCUT2D eigenvalue weighted by Crippen LogP contribution is 2.21. The summed E-state index contributed by atoms with van der Waals surface area (Å²) in [6.45, 7) is 2.20. The Morgan fingerprint density at radius 1 is 1.65 bits per heavy atom. The quantitative estimate of drug-likeness (QED) is 0.891. The third-order valence-corrected chi connectivity index (χ3v) is 5.19. The molecule has 1 fully saturated rings. The predicted octanol–water partition coefficient (Wildman–Crippen LogP) is 0.766. The van der Waals surface area contributed by atoms with Crippen LogP contribution in [0.4, 0.5) is 5.13 Å². The molecule has 98 valence electrons. The first-order valence-corrected chi connectivity index (χ1v) is 7.83. The lowest BCUT2D eigenvalue weighted by molar-refractivity contribution is 0.334. The smallest absolute Gasteiger partial charge is 0.180 e. The SMILES string of the molecule is CS(=O)(=O)C1CCN(Cc2cnc(N)s2)C1.Cl. The Hall–Kier alpha value is -0.370. The zero-order valence-electron chi connectivity index (χ0n) is 9.50. The molecule has 1 aromatic heterocycles. The summed E-state index contributed by atoms with van der Waals surface area (Å²) in [7, 11) is -2.90. The minimum Gasteiger partial charge on any atom is -0.375 e. The molecule has 0 saturated carbocycles. The Kier molecular flexibility index (Phi) is 4.77. The van der Waals surface area contributed by atoms with Crippen LogP contribution >= 0.6 is 23.7 Å². The largest absolute Gasteiger partial charge is 0.375 e. The van der Waals surface area contributed by atoms with Gasteiger partial charge in [0.2, 0.25) is 0 Å². The lowest BCUT2D eigenvalue weighted by Gasteiger charge is -2.13. The molecule has 1 unspecified atom stereocenters. The number of nitrogen functional groups attached to an aromatic ring is 1. The summed E-state index contributed by atoms with van der Waals surface area (Å²) in [4.78, 5) is 7.20. The molecule has 1 saturated heterocycles. The van der Waals surface area contributed by atoms with Crippen molar-refractivity contribution in [2.24, 2.45) is 0 Å². The van der Waals surface area contributed by atoms with Crippen molar-refractivity contribution in [3.05, 3.63) is 11.1 Å². The highest BCUT2D eigenvalue weighted by Gasteiger charge is 2.29. The van der Waals surface area contributed by atoms with Gasteiger partial charge in [-0.15, -0.1) is 23.7 Å². The first kappa shape index (κ1) is 14.7. The molecule has 0 radical (unpaired) electrons. The monoisotopic (exact) mass is 297 g/mol. The van der Waals surface area contributed by atoms with E-state index < -0.39 is 9.84 Å². The third kappa shape index (κ3) is 3.80. The van der Waals surface area contributed by atoms with Gasteiger partial charge in [-0.1, -0.05) is 0 Å². The molecule has 5 nitrogen and oxygen atoms in total.